The fourth-order valence-corrected chi connectivity index (χ4v) is 4.72. The van der Waals surface area contributed by atoms with Gasteiger partial charge in [-0.1, -0.05) is 19.9 Å². The van der Waals surface area contributed by atoms with Crippen molar-refractivity contribution in [1.82, 2.24) is 14.7 Å². The molecule has 0 radical (unpaired) electrons. The Morgan fingerprint density at radius 2 is 1.72 bits per heavy atom. The van der Waals surface area contributed by atoms with Crippen molar-refractivity contribution >= 4 is 56.9 Å². The molecule has 0 saturated carbocycles. The summed E-state index contributed by atoms with van der Waals surface area (Å²) in [6.07, 6.45) is 2.26. The molecule has 1 aromatic heterocycles. The molecule has 0 fully saturated rings. The van der Waals surface area contributed by atoms with E-state index < -0.39 is 11.7 Å². The van der Waals surface area contributed by atoms with Crippen molar-refractivity contribution in [3.63, 3.8) is 0 Å². The zero-order valence-electron chi connectivity index (χ0n) is 25.5. The number of anilines is 4. The third-order valence-electron chi connectivity index (χ3n) is 5.84. The first-order valence-electron chi connectivity index (χ1n) is 13.9. The minimum atomic E-state index is -0.887. The van der Waals surface area contributed by atoms with E-state index in [1.165, 1.54) is 24.1 Å². The molecule has 1 heterocycles. The van der Waals surface area contributed by atoms with Gasteiger partial charge in [0.2, 0.25) is 5.95 Å². The molecule has 43 heavy (non-hydrogen) atoms. The SMILES string of the molecule is CC.CC(C)(CCOC(C)(C)CNSc1ccc(Nc2ncc(Br)c(Nc3cccc(F)c3C(N)=O)n2)cc1)OCCO. The standard InChI is InChI=1S/C28H36BrFN6O4S.C2H6/c1-27(2,40-15-13-37)12-14-39-28(3,4)17-33-41-19-10-8-18(9-11-19)34-26-32-16-20(29)25(36-26)35-22-7-5-6-21(30)23(22)24(31)38;1-2/h5-11,16,33,37H,12-15,17H2,1-4H3,(H2,31,38)(H2,32,34,35,36);1-2H3. The summed E-state index contributed by atoms with van der Waals surface area (Å²) in [6.45, 7) is 13.5. The van der Waals surface area contributed by atoms with Crippen molar-refractivity contribution in [3.8, 4) is 0 Å². The molecule has 3 aromatic rings. The number of ether oxygens (including phenoxy) is 2. The van der Waals surface area contributed by atoms with E-state index in [2.05, 4.69) is 41.3 Å². The average Bonchev–Trinajstić information content (AvgIpc) is 2.95. The maximum atomic E-state index is 14.1. The Kier molecular flexibility index (Phi) is 14.8. The second kappa shape index (κ2) is 17.5. The number of aromatic nitrogens is 2. The van der Waals surface area contributed by atoms with Crippen LogP contribution in [0.4, 0.5) is 27.5 Å². The molecule has 0 aliphatic heterocycles. The molecular weight excluding hydrogens is 639 g/mol. The summed E-state index contributed by atoms with van der Waals surface area (Å²) >= 11 is 4.87. The van der Waals surface area contributed by atoms with Gasteiger partial charge in [0, 0.05) is 23.3 Å². The van der Waals surface area contributed by atoms with Crippen molar-refractivity contribution in [1.29, 1.82) is 0 Å². The molecule has 0 aliphatic carbocycles. The van der Waals surface area contributed by atoms with Crippen LogP contribution in [-0.2, 0) is 9.47 Å². The Morgan fingerprint density at radius 1 is 1.05 bits per heavy atom. The number of nitrogens with one attached hydrogen (secondary N) is 3. The third-order valence-corrected chi connectivity index (χ3v) is 7.21. The fraction of sp³-hybridized carbons (Fsp3) is 0.433. The zero-order valence-corrected chi connectivity index (χ0v) is 27.9. The van der Waals surface area contributed by atoms with Gasteiger partial charge >= 0.3 is 0 Å². The number of hydrogen-bond donors (Lipinski definition) is 5. The van der Waals surface area contributed by atoms with Gasteiger partial charge in [0.1, 0.15) is 11.6 Å². The van der Waals surface area contributed by atoms with Crippen molar-refractivity contribution < 1.29 is 23.8 Å². The van der Waals surface area contributed by atoms with E-state index in [4.69, 9.17) is 20.3 Å². The number of rotatable bonds is 16. The van der Waals surface area contributed by atoms with E-state index in [-0.39, 0.29) is 29.1 Å². The van der Waals surface area contributed by atoms with Gasteiger partial charge in [0.05, 0.1) is 46.7 Å². The summed E-state index contributed by atoms with van der Waals surface area (Å²) < 4.78 is 29.7. The van der Waals surface area contributed by atoms with Gasteiger partial charge in [0.15, 0.2) is 0 Å². The Morgan fingerprint density at radius 3 is 2.37 bits per heavy atom. The molecule has 0 saturated heterocycles. The number of benzene rings is 2. The molecule has 1 amide bonds. The summed E-state index contributed by atoms with van der Waals surface area (Å²) in [4.78, 5) is 21.5. The number of nitrogens with zero attached hydrogens (tertiary/aromatic N) is 2. The van der Waals surface area contributed by atoms with Crippen LogP contribution in [0.2, 0.25) is 0 Å². The molecule has 0 bridgehead atoms. The van der Waals surface area contributed by atoms with Crippen molar-refractivity contribution in [2.24, 2.45) is 5.73 Å². The van der Waals surface area contributed by atoms with E-state index in [1.54, 1.807) is 12.3 Å². The summed E-state index contributed by atoms with van der Waals surface area (Å²) in [7, 11) is 0. The van der Waals surface area contributed by atoms with Gasteiger partial charge in [-0.15, -0.1) is 0 Å². The highest BCUT2D eigenvalue weighted by Crippen LogP contribution is 2.28. The molecule has 13 heteroatoms. The third kappa shape index (κ3) is 12.4. The first kappa shape index (κ1) is 36.4. The number of halogens is 2. The molecule has 0 atom stereocenters. The van der Waals surface area contributed by atoms with Crippen LogP contribution in [-0.4, -0.2) is 58.5 Å². The lowest BCUT2D eigenvalue weighted by molar-refractivity contribution is -0.0761. The summed E-state index contributed by atoms with van der Waals surface area (Å²) in [5, 5.41) is 15.0. The van der Waals surface area contributed by atoms with Crippen LogP contribution in [0.1, 0.15) is 58.3 Å². The molecule has 3 rings (SSSR count). The molecular formula is C30H42BrFN6O4S. The number of carbonyl (C=O) groups is 1. The van der Waals surface area contributed by atoms with E-state index in [9.17, 15) is 9.18 Å². The predicted octanol–water partition coefficient (Wildman–Crippen LogP) is 6.56. The number of amides is 1. The Hall–Kier alpha value is -2.81. The van der Waals surface area contributed by atoms with Crippen LogP contribution < -0.4 is 21.1 Å². The van der Waals surface area contributed by atoms with Crippen LogP contribution in [0.3, 0.4) is 0 Å². The van der Waals surface area contributed by atoms with Crippen LogP contribution in [0.15, 0.2) is 58.0 Å². The van der Waals surface area contributed by atoms with E-state index in [1.807, 2.05) is 65.8 Å². The second-order valence-electron chi connectivity index (χ2n) is 10.3. The molecule has 236 valence electrons. The van der Waals surface area contributed by atoms with Crippen LogP contribution in [0, 0.1) is 5.82 Å². The lowest BCUT2D eigenvalue weighted by Crippen LogP contribution is -2.37. The van der Waals surface area contributed by atoms with E-state index >= 15 is 0 Å². The van der Waals surface area contributed by atoms with Gasteiger partial charge in [-0.3, -0.25) is 9.52 Å². The highest BCUT2D eigenvalue weighted by atomic mass is 79.9. The molecule has 6 N–H and O–H groups in total. The molecule has 10 nitrogen and oxygen atoms in total. The van der Waals surface area contributed by atoms with Gasteiger partial charge in [-0.25, -0.2) is 9.37 Å². The van der Waals surface area contributed by atoms with Gasteiger partial charge in [0.25, 0.3) is 5.91 Å². The summed E-state index contributed by atoms with van der Waals surface area (Å²) in [5.41, 5.74) is 5.32. The number of hydrogen-bond acceptors (Lipinski definition) is 10. The van der Waals surface area contributed by atoms with Crippen molar-refractivity contribution in [2.75, 3.05) is 37.0 Å². The average molecular weight is 682 g/mol. The Bertz CT molecular complexity index is 1310. The quantitative estimate of drug-likeness (QED) is 0.106. The first-order chi connectivity index (χ1) is 20.4. The van der Waals surface area contributed by atoms with Crippen LogP contribution in [0.5, 0.6) is 0 Å². The van der Waals surface area contributed by atoms with Crippen molar-refractivity contribution in [3.05, 3.63) is 64.5 Å². The topological polar surface area (TPSA) is 144 Å². The molecule has 0 unspecified atom stereocenters. The Labute approximate surface area is 266 Å². The predicted molar refractivity (Wildman–Crippen MR) is 175 cm³/mol. The Balaban J connectivity index is 0.00000316. The van der Waals surface area contributed by atoms with Gasteiger partial charge in [-0.2, -0.15) is 4.98 Å². The number of aliphatic hydroxyl groups excluding tert-OH is 1. The highest BCUT2D eigenvalue weighted by molar-refractivity contribution is 9.10. The molecule has 0 spiro atoms. The second-order valence-corrected chi connectivity index (χ2v) is 12.1. The lowest BCUT2D eigenvalue weighted by Gasteiger charge is -2.29. The normalized spacial score (nSPS) is 11.5. The summed E-state index contributed by atoms with van der Waals surface area (Å²) in [5.74, 6) is -0.978. The first-order valence-corrected chi connectivity index (χ1v) is 15.5. The fourth-order valence-electron chi connectivity index (χ4n) is 3.57. The van der Waals surface area contributed by atoms with E-state index in [0.29, 0.717) is 36.0 Å². The van der Waals surface area contributed by atoms with E-state index in [0.717, 1.165) is 17.0 Å². The molecule has 2 aromatic carbocycles. The minimum absolute atomic E-state index is 0.00276. The largest absolute Gasteiger partial charge is 0.394 e. The lowest BCUT2D eigenvalue weighted by atomic mass is 10.1. The highest BCUT2D eigenvalue weighted by Gasteiger charge is 2.23. The number of primary amides is 1. The van der Waals surface area contributed by atoms with Crippen molar-refractivity contribution in [2.45, 2.75) is 64.1 Å². The molecule has 0 aliphatic rings. The summed E-state index contributed by atoms with van der Waals surface area (Å²) in [6, 6.07) is 11.9. The maximum Gasteiger partial charge on any atom is 0.253 e. The monoisotopic (exact) mass is 680 g/mol. The minimum Gasteiger partial charge on any atom is -0.394 e. The smallest absolute Gasteiger partial charge is 0.253 e. The number of nitrogens with two attached hydrogens (primary N) is 1. The maximum absolute atomic E-state index is 14.1. The van der Waals surface area contributed by atoms with Gasteiger partial charge < -0.3 is 30.9 Å². The number of aliphatic hydroxyl groups is 1. The number of carbonyl (C=O) groups excluding carboxylic acids is 1. The van der Waals surface area contributed by atoms with Gasteiger partial charge in [-0.05, 0) is 98.4 Å². The van der Waals surface area contributed by atoms with Crippen LogP contribution in [0.25, 0.3) is 0 Å². The van der Waals surface area contributed by atoms with Crippen LogP contribution >= 0.6 is 27.9 Å². The zero-order chi connectivity index (χ0) is 32.0.